The van der Waals surface area contributed by atoms with Crippen LogP contribution in [0.15, 0.2) is 68.7 Å². The SMILES string of the molecule is CCO/C(=C(/Sc1ccccc1)C(O)c1ccco1)C(F)(F)F. The Morgan fingerprint density at radius 1 is 1.22 bits per heavy atom. The number of alkyl halides is 3. The van der Waals surface area contributed by atoms with Crippen LogP contribution < -0.4 is 0 Å². The molecule has 23 heavy (non-hydrogen) atoms. The van der Waals surface area contributed by atoms with Gasteiger partial charge in [-0.1, -0.05) is 30.0 Å². The molecule has 0 saturated heterocycles. The lowest BCUT2D eigenvalue weighted by Crippen LogP contribution is -2.19. The summed E-state index contributed by atoms with van der Waals surface area (Å²) in [6.07, 6.45) is -5.00. The van der Waals surface area contributed by atoms with Gasteiger partial charge in [-0.05, 0) is 31.2 Å². The van der Waals surface area contributed by atoms with Crippen LogP contribution in [-0.4, -0.2) is 17.9 Å². The molecule has 0 bridgehead atoms. The van der Waals surface area contributed by atoms with E-state index in [2.05, 4.69) is 0 Å². The van der Waals surface area contributed by atoms with E-state index in [0.717, 1.165) is 11.8 Å². The Balaban J connectivity index is 2.48. The molecule has 124 valence electrons. The van der Waals surface area contributed by atoms with Crippen molar-refractivity contribution in [3.63, 3.8) is 0 Å². The van der Waals surface area contributed by atoms with Crippen LogP contribution in [0.4, 0.5) is 13.2 Å². The molecule has 1 heterocycles. The molecular formula is C16H15F3O3S. The highest BCUT2D eigenvalue weighted by atomic mass is 32.2. The van der Waals surface area contributed by atoms with Crippen LogP contribution in [0.2, 0.25) is 0 Å². The Hall–Kier alpha value is -1.86. The number of ether oxygens (including phenoxy) is 1. The van der Waals surface area contributed by atoms with Crippen LogP contribution in [0.25, 0.3) is 0 Å². The second-order valence-corrected chi connectivity index (χ2v) is 5.57. The molecule has 1 aromatic carbocycles. The number of thioether (sulfide) groups is 1. The Kier molecular flexibility index (Phi) is 5.79. The smallest absolute Gasteiger partial charge is 0.449 e. The fourth-order valence-corrected chi connectivity index (χ4v) is 2.90. The Labute approximate surface area is 135 Å². The number of aliphatic hydroxyl groups excluding tert-OH is 1. The van der Waals surface area contributed by atoms with Crippen LogP contribution >= 0.6 is 11.8 Å². The fraction of sp³-hybridized carbons (Fsp3) is 0.250. The zero-order valence-electron chi connectivity index (χ0n) is 12.2. The Bertz CT molecular complexity index is 636. The molecule has 0 fully saturated rings. The number of aliphatic hydroxyl groups is 1. The van der Waals surface area contributed by atoms with E-state index in [1.807, 2.05) is 0 Å². The molecule has 2 rings (SSSR count). The van der Waals surface area contributed by atoms with Gasteiger partial charge in [-0.25, -0.2) is 0 Å². The van der Waals surface area contributed by atoms with Crippen molar-refractivity contribution in [3.8, 4) is 0 Å². The summed E-state index contributed by atoms with van der Waals surface area (Å²) in [5.74, 6) is -1.19. The first-order valence-corrected chi connectivity index (χ1v) is 7.63. The molecule has 0 amide bonds. The van der Waals surface area contributed by atoms with Crippen molar-refractivity contribution >= 4 is 11.8 Å². The lowest BCUT2D eigenvalue weighted by Gasteiger charge is -2.20. The van der Waals surface area contributed by atoms with Crippen LogP contribution in [-0.2, 0) is 4.74 Å². The van der Waals surface area contributed by atoms with Gasteiger partial charge in [0.2, 0.25) is 5.76 Å². The molecule has 0 aliphatic rings. The molecule has 0 saturated carbocycles. The standard InChI is InChI=1S/C16H15F3O3S/c1-2-21-15(16(17,18)19)14(13(20)12-9-6-10-22-12)23-11-7-4-3-5-8-11/h3-10,13,20H,2H2,1H3/b15-14+. The van der Waals surface area contributed by atoms with E-state index in [1.165, 1.54) is 25.3 Å². The molecular weight excluding hydrogens is 329 g/mol. The maximum absolute atomic E-state index is 13.3. The minimum absolute atomic E-state index is 0.0184. The molecule has 0 aliphatic carbocycles. The molecule has 0 radical (unpaired) electrons. The van der Waals surface area contributed by atoms with E-state index < -0.39 is 18.0 Å². The number of hydrogen-bond acceptors (Lipinski definition) is 4. The first-order chi connectivity index (χ1) is 10.9. The van der Waals surface area contributed by atoms with Gasteiger partial charge in [-0.3, -0.25) is 0 Å². The van der Waals surface area contributed by atoms with Crippen molar-refractivity contribution < 1.29 is 27.4 Å². The zero-order valence-corrected chi connectivity index (χ0v) is 13.0. The summed E-state index contributed by atoms with van der Waals surface area (Å²) in [4.78, 5) is 0.190. The fourth-order valence-electron chi connectivity index (χ4n) is 1.85. The predicted octanol–water partition coefficient (Wildman–Crippen LogP) is 4.92. The first-order valence-electron chi connectivity index (χ1n) is 6.82. The Morgan fingerprint density at radius 3 is 2.43 bits per heavy atom. The topological polar surface area (TPSA) is 42.6 Å². The molecule has 7 heteroatoms. The summed E-state index contributed by atoms with van der Waals surface area (Å²) in [6.45, 7) is 1.29. The van der Waals surface area contributed by atoms with Crippen LogP contribution in [0.1, 0.15) is 18.8 Å². The monoisotopic (exact) mass is 344 g/mol. The largest absolute Gasteiger partial charge is 0.489 e. The van der Waals surface area contributed by atoms with Crippen molar-refractivity contribution in [2.45, 2.75) is 24.1 Å². The number of hydrogen-bond donors (Lipinski definition) is 1. The molecule has 1 unspecified atom stereocenters. The molecule has 1 N–H and O–H groups in total. The summed E-state index contributed by atoms with van der Waals surface area (Å²) < 4.78 is 49.8. The molecule has 2 aromatic rings. The second kappa shape index (κ2) is 7.61. The van der Waals surface area contributed by atoms with E-state index in [4.69, 9.17) is 9.15 Å². The van der Waals surface area contributed by atoms with Crippen molar-refractivity contribution in [1.29, 1.82) is 0 Å². The summed E-state index contributed by atoms with van der Waals surface area (Å²) in [5.41, 5.74) is 0. The minimum Gasteiger partial charge on any atom is -0.489 e. The van der Waals surface area contributed by atoms with Gasteiger partial charge in [-0.15, -0.1) is 0 Å². The van der Waals surface area contributed by atoms with E-state index in [1.54, 1.807) is 30.3 Å². The molecule has 1 aromatic heterocycles. The highest BCUT2D eigenvalue weighted by Gasteiger charge is 2.41. The van der Waals surface area contributed by atoms with Gasteiger partial charge in [-0.2, -0.15) is 13.2 Å². The summed E-state index contributed by atoms with van der Waals surface area (Å²) in [7, 11) is 0. The lowest BCUT2D eigenvalue weighted by atomic mass is 10.2. The third-order valence-corrected chi connectivity index (χ3v) is 3.94. The van der Waals surface area contributed by atoms with E-state index >= 15 is 0 Å². The van der Waals surface area contributed by atoms with E-state index in [0.29, 0.717) is 4.90 Å². The van der Waals surface area contributed by atoms with Gasteiger partial charge >= 0.3 is 6.18 Å². The molecule has 0 aliphatic heterocycles. The minimum atomic E-state index is -4.72. The molecule has 3 nitrogen and oxygen atoms in total. The quantitative estimate of drug-likeness (QED) is 0.597. The van der Waals surface area contributed by atoms with Crippen LogP contribution in [0.3, 0.4) is 0 Å². The second-order valence-electron chi connectivity index (χ2n) is 4.46. The molecule has 1 atom stereocenters. The average Bonchev–Trinajstić information content (AvgIpc) is 3.04. The van der Waals surface area contributed by atoms with Gasteiger partial charge in [0.1, 0.15) is 11.9 Å². The number of rotatable bonds is 6. The van der Waals surface area contributed by atoms with Gasteiger partial charge in [0, 0.05) is 4.90 Å². The highest BCUT2D eigenvalue weighted by molar-refractivity contribution is 8.03. The predicted molar refractivity (Wildman–Crippen MR) is 80.7 cm³/mol. The van der Waals surface area contributed by atoms with Gasteiger partial charge in [0.05, 0.1) is 17.8 Å². The van der Waals surface area contributed by atoms with Crippen LogP contribution in [0.5, 0.6) is 0 Å². The lowest BCUT2D eigenvalue weighted by molar-refractivity contribution is -0.131. The summed E-state index contributed by atoms with van der Waals surface area (Å²) in [6, 6.07) is 11.4. The number of benzene rings is 1. The van der Waals surface area contributed by atoms with Gasteiger partial charge in [0.25, 0.3) is 0 Å². The van der Waals surface area contributed by atoms with Gasteiger partial charge in [0.15, 0.2) is 0 Å². The highest BCUT2D eigenvalue weighted by Crippen LogP contribution is 2.43. The zero-order chi connectivity index (χ0) is 16.9. The van der Waals surface area contributed by atoms with Crippen molar-refractivity contribution in [3.05, 3.63) is 65.2 Å². The van der Waals surface area contributed by atoms with Gasteiger partial charge < -0.3 is 14.3 Å². The molecule has 0 spiro atoms. The normalized spacial score (nSPS) is 14.3. The van der Waals surface area contributed by atoms with Crippen molar-refractivity contribution in [2.75, 3.05) is 6.61 Å². The van der Waals surface area contributed by atoms with Crippen molar-refractivity contribution in [2.24, 2.45) is 0 Å². The van der Waals surface area contributed by atoms with Crippen LogP contribution in [0, 0.1) is 0 Å². The third kappa shape index (κ3) is 4.56. The van der Waals surface area contributed by atoms with E-state index in [-0.39, 0.29) is 17.3 Å². The van der Waals surface area contributed by atoms with Crippen molar-refractivity contribution in [1.82, 2.24) is 0 Å². The summed E-state index contributed by atoms with van der Waals surface area (Å²) in [5, 5.41) is 10.3. The number of allylic oxidation sites excluding steroid dienone is 1. The maximum atomic E-state index is 13.3. The van der Waals surface area contributed by atoms with E-state index in [9.17, 15) is 18.3 Å². The first kappa shape index (κ1) is 17.5. The third-order valence-electron chi connectivity index (χ3n) is 2.80. The number of halogens is 3. The number of furan rings is 1. The maximum Gasteiger partial charge on any atom is 0.449 e. The summed E-state index contributed by atoms with van der Waals surface area (Å²) >= 11 is 0.795. The Morgan fingerprint density at radius 2 is 1.91 bits per heavy atom. The average molecular weight is 344 g/mol.